The van der Waals surface area contributed by atoms with E-state index < -0.39 is 5.91 Å². The van der Waals surface area contributed by atoms with Gasteiger partial charge in [0.25, 0.3) is 5.91 Å². The molecule has 1 rings (SSSR count). The molecular formula is C14H20N4O2. The lowest BCUT2D eigenvalue weighted by Crippen LogP contribution is -2.27. The number of benzene rings is 1. The van der Waals surface area contributed by atoms with Crippen LogP contribution >= 0.6 is 0 Å². The van der Waals surface area contributed by atoms with Crippen molar-refractivity contribution in [2.24, 2.45) is 10.8 Å². The first kappa shape index (κ1) is 15.7. The minimum absolute atomic E-state index is 0.0325. The third-order valence-electron chi connectivity index (χ3n) is 2.62. The summed E-state index contributed by atoms with van der Waals surface area (Å²) >= 11 is 0. The normalized spacial score (nSPS) is 11.1. The molecule has 1 aromatic rings. The van der Waals surface area contributed by atoms with Crippen LogP contribution in [0.2, 0.25) is 0 Å². The van der Waals surface area contributed by atoms with E-state index in [1.54, 1.807) is 6.92 Å². The molecule has 0 aliphatic rings. The van der Waals surface area contributed by atoms with Gasteiger partial charge in [-0.15, -0.1) is 0 Å². The average Bonchev–Trinajstić information content (AvgIpc) is 2.34. The van der Waals surface area contributed by atoms with Gasteiger partial charge in [0.05, 0.1) is 13.0 Å². The highest BCUT2D eigenvalue weighted by molar-refractivity contribution is 5.99. The molecule has 108 valence electrons. The lowest BCUT2D eigenvalue weighted by molar-refractivity contribution is -0.119. The van der Waals surface area contributed by atoms with Crippen LogP contribution in [0.15, 0.2) is 23.3 Å². The Morgan fingerprint density at radius 1 is 1.30 bits per heavy atom. The summed E-state index contributed by atoms with van der Waals surface area (Å²) in [7, 11) is 0. The van der Waals surface area contributed by atoms with Gasteiger partial charge in [0.1, 0.15) is 0 Å². The first-order chi connectivity index (χ1) is 9.38. The van der Waals surface area contributed by atoms with Crippen molar-refractivity contribution in [2.75, 3.05) is 11.9 Å². The topological polar surface area (TPSA) is 96.6 Å². The first-order valence-electron chi connectivity index (χ1n) is 6.30. The Kier molecular flexibility index (Phi) is 5.71. The molecule has 6 heteroatoms. The molecule has 0 aromatic heterocycles. The van der Waals surface area contributed by atoms with Gasteiger partial charge in [-0.2, -0.15) is 5.10 Å². The Balaban J connectivity index is 2.45. The number of aryl methyl sites for hydroxylation is 2. The summed E-state index contributed by atoms with van der Waals surface area (Å²) in [6.07, 6.45) is 0.0325. The highest BCUT2D eigenvalue weighted by atomic mass is 16.2. The zero-order chi connectivity index (χ0) is 15.1. The highest BCUT2D eigenvalue weighted by Gasteiger charge is 2.03. The van der Waals surface area contributed by atoms with Crippen LogP contribution in [-0.2, 0) is 9.59 Å². The molecular weight excluding hydrogens is 256 g/mol. The Labute approximate surface area is 118 Å². The van der Waals surface area contributed by atoms with Crippen molar-refractivity contribution in [2.45, 2.75) is 27.2 Å². The number of anilines is 1. The van der Waals surface area contributed by atoms with Crippen molar-refractivity contribution >= 4 is 23.2 Å². The lowest BCUT2D eigenvalue weighted by Gasteiger charge is -2.09. The predicted octanol–water partition coefficient (Wildman–Crippen LogP) is 1.08. The molecule has 2 amide bonds. The molecule has 4 N–H and O–H groups in total. The second kappa shape index (κ2) is 7.28. The van der Waals surface area contributed by atoms with Gasteiger partial charge >= 0.3 is 0 Å². The van der Waals surface area contributed by atoms with E-state index in [1.807, 2.05) is 32.0 Å². The standard InChI is InChI=1S/C14H20N4O2/c1-9-4-5-12(10(2)6-9)16-8-14(20)18-17-11(3)7-13(15)19/h4-6,16H,7-8H2,1-3H3,(H2,15,19)(H,18,20). The van der Waals surface area contributed by atoms with E-state index in [9.17, 15) is 9.59 Å². The Morgan fingerprint density at radius 3 is 2.60 bits per heavy atom. The van der Waals surface area contributed by atoms with Crippen LogP contribution in [0, 0.1) is 13.8 Å². The molecule has 1 aromatic carbocycles. The van der Waals surface area contributed by atoms with Crippen molar-refractivity contribution in [3.8, 4) is 0 Å². The highest BCUT2D eigenvalue weighted by Crippen LogP contribution is 2.15. The van der Waals surface area contributed by atoms with Crippen LogP contribution in [0.4, 0.5) is 5.69 Å². The second-order valence-electron chi connectivity index (χ2n) is 4.70. The van der Waals surface area contributed by atoms with Crippen LogP contribution in [-0.4, -0.2) is 24.1 Å². The minimum Gasteiger partial charge on any atom is -0.376 e. The fourth-order valence-electron chi connectivity index (χ4n) is 1.68. The summed E-state index contributed by atoms with van der Waals surface area (Å²) in [6.45, 7) is 5.72. The maximum atomic E-state index is 11.6. The van der Waals surface area contributed by atoms with E-state index in [-0.39, 0.29) is 18.9 Å². The molecule has 0 bridgehead atoms. The van der Waals surface area contributed by atoms with Gasteiger partial charge in [-0.05, 0) is 32.4 Å². The minimum atomic E-state index is -0.478. The van der Waals surface area contributed by atoms with Crippen molar-refractivity contribution < 1.29 is 9.59 Å². The Hall–Kier alpha value is -2.37. The molecule has 20 heavy (non-hydrogen) atoms. The van der Waals surface area contributed by atoms with Gasteiger partial charge in [0.15, 0.2) is 0 Å². The maximum absolute atomic E-state index is 11.6. The van der Waals surface area contributed by atoms with Crippen molar-refractivity contribution in [3.05, 3.63) is 29.3 Å². The lowest BCUT2D eigenvalue weighted by atomic mass is 10.1. The summed E-state index contributed by atoms with van der Waals surface area (Å²) < 4.78 is 0. The number of amides is 2. The molecule has 0 atom stereocenters. The third kappa shape index (κ3) is 5.51. The van der Waals surface area contributed by atoms with E-state index in [1.165, 1.54) is 5.56 Å². The van der Waals surface area contributed by atoms with Crippen LogP contribution in [0.25, 0.3) is 0 Å². The van der Waals surface area contributed by atoms with E-state index in [2.05, 4.69) is 15.8 Å². The Bertz CT molecular complexity index is 538. The SMILES string of the molecule is CC(CC(N)=O)=NNC(=O)CNc1ccc(C)cc1C. The predicted molar refractivity (Wildman–Crippen MR) is 79.5 cm³/mol. The second-order valence-corrected chi connectivity index (χ2v) is 4.70. The van der Waals surface area contributed by atoms with Gasteiger partial charge in [0, 0.05) is 11.4 Å². The van der Waals surface area contributed by atoms with Gasteiger partial charge in [-0.3, -0.25) is 9.59 Å². The van der Waals surface area contributed by atoms with Crippen LogP contribution in [0.3, 0.4) is 0 Å². The van der Waals surface area contributed by atoms with Gasteiger partial charge < -0.3 is 11.1 Å². The number of hydrazone groups is 1. The molecule has 0 unspecified atom stereocenters. The van der Waals surface area contributed by atoms with Crippen molar-refractivity contribution in [3.63, 3.8) is 0 Å². The molecule has 0 spiro atoms. The fraction of sp³-hybridized carbons (Fsp3) is 0.357. The zero-order valence-electron chi connectivity index (χ0n) is 12.0. The molecule has 0 heterocycles. The summed E-state index contributed by atoms with van der Waals surface area (Å²) in [4.78, 5) is 22.2. The van der Waals surface area contributed by atoms with Gasteiger partial charge in [-0.1, -0.05) is 17.7 Å². The first-order valence-corrected chi connectivity index (χ1v) is 6.30. The zero-order valence-corrected chi connectivity index (χ0v) is 12.0. The number of carbonyl (C=O) groups is 2. The number of rotatable bonds is 6. The molecule has 0 aliphatic heterocycles. The van der Waals surface area contributed by atoms with Gasteiger partial charge in [0.2, 0.25) is 5.91 Å². The summed E-state index contributed by atoms with van der Waals surface area (Å²) in [5.41, 5.74) is 11.0. The molecule has 0 aliphatic carbocycles. The number of nitrogens with zero attached hydrogens (tertiary/aromatic N) is 1. The van der Waals surface area contributed by atoms with E-state index >= 15 is 0 Å². The number of carbonyl (C=O) groups excluding carboxylic acids is 2. The fourth-order valence-corrected chi connectivity index (χ4v) is 1.68. The summed E-state index contributed by atoms with van der Waals surface area (Å²) in [5, 5.41) is 6.82. The van der Waals surface area contributed by atoms with Crippen molar-refractivity contribution in [1.29, 1.82) is 0 Å². The van der Waals surface area contributed by atoms with Crippen LogP contribution in [0.1, 0.15) is 24.5 Å². The Morgan fingerprint density at radius 2 is 2.00 bits per heavy atom. The number of nitrogens with two attached hydrogens (primary N) is 1. The quantitative estimate of drug-likeness (QED) is 0.536. The number of primary amides is 1. The third-order valence-corrected chi connectivity index (χ3v) is 2.62. The molecule has 6 nitrogen and oxygen atoms in total. The van der Waals surface area contributed by atoms with E-state index in [0.29, 0.717) is 5.71 Å². The van der Waals surface area contributed by atoms with E-state index in [4.69, 9.17) is 5.73 Å². The van der Waals surface area contributed by atoms with E-state index in [0.717, 1.165) is 11.3 Å². The van der Waals surface area contributed by atoms with Crippen LogP contribution < -0.4 is 16.5 Å². The monoisotopic (exact) mass is 276 g/mol. The number of hydrogen-bond acceptors (Lipinski definition) is 4. The smallest absolute Gasteiger partial charge is 0.259 e. The number of hydrogen-bond donors (Lipinski definition) is 3. The maximum Gasteiger partial charge on any atom is 0.259 e. The molecule has 0 radical (unpaired) electrons. The van der Waals surface area contributed by atoms with Crippen LogP contribution in [0.5, 0.6) is 0 Å². The average molecular weight is 276 g/mol. The molecule has 0 saturated heterocycles. The number of nitrogens with one attached hydrogen (secondary N) is 2. The van der Waals surface area contributed by atoms with Gasteiger partial charge in [-0.25, -0.2) is 5.43 Å². The summed E-state index contributed by atoms with van der Waals surface area (Å²) in [6, 6.07) is 5.94. The summed E-state index contributed by atoms with van der Waals surface area (Å²) in [5.74, 6) is -0.761. The molecule has 0 fully saturated rings. The molecule has 0 saturated carbocycles. The van der Waals surface area contributed by atoms with Crippen molar-refractivity contribution in [1.82, 2.24) is 5.43 Å². The largest absolute Gasteiger partial charge is 0.376 e.